The Hall–Kier alpha value is -0.320. The molecule has 3 atom stereocenters. The van der Waals surface area contributed by atoms with Crippen molar-refractivity contribution < 1.29 is 4.79 Å². The summed E-state index contributed by atoms with van der Waals surface area (Å²) in [6.45, 7) is 7.91. The number of rotatable bonds is 4. The van der Waals surface area contributed by atoms with Crippen LogP contribution >= 0.6 is 12.4 Å². The summed E-state index contributed by atoms with van der Waals surface area (Å²) < 4.78 is 0. The lowest BCUT2D eigenvalue weighted by Gasteiger charge is -2.35. The second kappa shape index (κ2) is 7.90. The lowest BCUT2D eigenvalue weighted by molar-refractivity contribution is -0.126. The molecule has 4 nitrogen and oxygen atoms in total. The van der Waals surface area contributed by atoms with E-state index in [4.69, 9.17) is 5.73 Å². The van der Waals surface area contributed by atoms with Crippen molar-refractivity contribution in [2.45, 2.75) is 58.2 Å². The monoisotopic (exact) mass is 263 g/mol. The summed E-state index contributed by atoms with van der Waals surface area (Å²) in [6.07, 6.45) is 3.15. The Kier molecular flexibility index (Phi) is 7.75. The standard InChI is InChI=1S/C12H25N3O.ClH/c1-4-9(2)14-12(16)10(3)15-7-5-6-11(13)8-15;/h9-11H,4-8,13H2,1-3H3,(H,14,16);1H. The fourth-order valence-corrected chi connectivity index (χ4v) is 2.02. The van der Waals surface area contributed by atoms with E-state index in [9.17, 15) is 4.79 Å². The number of nitrogens with two attached hydrogens (primary N) is 1. The minimum atomic E-state index is -0.0552. The Morgan fingerprint density at radius 2 is 2.18 bits per heavy atom. The Bertz CT molecular complexity index is 238. The van der Waals surface area contributed by atoms with Crippen LogP contribution in [0.5, 0.6) is 0 Å². The van der Waals surface area contributed by atoms with Crippen molar-refractivity contribution in [3.63, 3.8) is 0 Å². The van der Waals surface area contributed by atoms with Crippen LogP contribution in [-0.2, 0) is 4.79 Å². The molecule has 0 aromatic heterocycles. The highest BCUT2D eigenvalue weighted by Crippen LogP contribution is 2.11. The molecule has 0 aliphatic carbocycles. The maximum Gasteiger partial charge on any atom is 0.237 e. The molecule has 0 radical (unpaired) electrons. The van der Waals surface area contributed by atoms with Crippen LogP contribution in [0.3, 0.4) is 0 Å². The van der Waals surface area contributed by atoms with Crippen molar-refractivity contribution in [1.82, 2.24) is 10.2 Å². The molecule has 0 aromatic rings. The van der Waals surface area contributed by atoms with Crippen LogP contribution in [0.1, 0.15) is 40.0 Å². The number of halogens is 1. The van der Waals surface area contributed by atoms with E-state index in [1.807, 2.05) is 13.8 Å². The van der Waals surface area contributed by atoms with Gasteiger partial charge in [0.05, 0.1) is 6.04 Å². The van der Waals surface area contributed by atoms with Gasteiger partial charge in [-0.25, -0.2) is 0 Å². The summed E-state index contributed by atoms with van der Waals surface area (Å²) in [5, 5.41) is 3.02. The highest BCUT2D eigenvalue weighted by atomic mass is 35.5. The van der Waals surface area contributed by atoms with Crippen LogP contribution in [-0.4, -0.2) is 42.0 Å². The zero-order valence-corrected chi connectivity index (χ0v) is 11.9. The van der Waals surface area contributed by atoms with Gasteiger partial charge in [-0.1, -0.05) is 6.92 Å². The highest BCUT2D eigenvalue weighted by Gasteiger charge is 2.26. The SMILES string of the molecule is CCC(C)NC(=O)C(C)N1CCCC(N)C1.Cl. The molecule has 1 aliphatic rings. The van der Waals surface area contributed by atoms with E-state index in [-0.39, 0.29) is 36.4 Å². The first-order valence-electron chi connectivity index (χ1n) is 6.34. The number of amides is 1. The topological polar surface area (TPSA) is 58.4 Å². The number of nitrogens with one attached hydrogen (secondary N) is 1. The van der Waals surface area contributed by atoms with Gasteiger partial charge in [0, 0.05) is 18.6 Å². The van der Waals surface area contributed by atoms with Gasteiger partial charge in [0.2, 0.25) is 5.91 Å². The van der Waals surface area contributed by atoms with Crippen LogP contribution in [0.15, 0.2) is 0 Å². The average molecular weight is 264 g/mol. The number of carbonyl (C=O) groups excluding carboxylic acids is 1. The van der Waals surface area contributed by atoms with Crippen LogP contribution in [0.2, 0.25) is 0 Å². The third kappa shape index (κ3) is 5.23. The largest absolute Gasteiger partial charge is 0.352 e. The third-order valence-electron chi connectivity index (χ3n) is 3.42. The molecule has 1 amide bonds. The molecule has 1 heterocycles. The molecule has 1 aliphatic heterocycles. The van der Waals surface area contributed by atoms with Gasteiger partial charge in [0.25, 0.3) is 0 Å². The Balaban J connectivity index is 0.00000256. The maximum absolute atomic E-state index is 11.9. The molecule has 0 spiro atoms. The number of carbonyl (C=O) groups is 1. The first-order chi connectivity index (χ1) is 7.54. The van der Waals surface area contributed by atoms with Crippen LogP contribution in [0, 0.1) is 0 Å². The molecule has 17 heavy (non-hydrogen) atoms. The molecule has 1 rings (SSSR count). The molecular weight excluding hydrogens is 238 g/mol. The van der Waals surface area contributed by atoms with Gasteiger partial charge in [-0.3, -0.25) is 9.69 Å². The fraction of sp³-hybridized carbons (Fsp3) is 0.917. The summed E-state index contributed by atoms with van der Waals surface area (Å²) in [6, 6.07) is 0.432. The third-order valence-corrected chi connectivity index (χ3v) is 3.42. The number of hydrogen-bond donors (Lipinski definition) is 2. The second-order valence-electron chi connectivity index (χ2n) is 4.89. The van der Waals surface area contributed by atoms with Crippen molar-refractivity contribution in [1.29, 1.82) is 0 Å². The summed E-state index contributed by atoms with van der Waals surface area (Å²) in [4.78, 5) is 14.1. The fourth-order valence-electron chi connectivity index (χ4n) is 2.02. The van der Waals surface area contributed by atoms with E-state index in [1.165, 1.54) is 0 Å². The Morgan fingerprint density at radius 1 is 1.53 bits per heavy atom. The molecule has 102 valence electrons. The van der Waals surface area contributed by atoms with Gasteiger partial charge in [0.1, 0.15) is 0 Å². The molecule has 3 N–H and O–H groups in total. The lowest BCUT2D eigenvalue weighted by Crippen LogP contribution is -2.53. The molecule has 0 saturated carbocycles. The minimum absolute atomic E-state index is 0. The van der Waals surface area contributed by atoms with E-state index in [0.717, 1.165) is 32.4 Å². The normalized spacial score (nSPS) is 24.6. The van der Waals surface area contributed by atoms with Crippen molar-refractivity contribution >= 4 is 18.3 Å². The number of nitrogens with zero attached hydrogens (tertiary/aromatic N) is 1. The minimum Gasteiger partial charge on any atom is -0.352 e. The Morgan fingerprint density at radius 3 is 2.71 bits per heavy atom. The van der Waals surface area contributed by atoms with Crippen LogP contribution in [0.4, 0.5) is 0 Å². The molecular formula is C12H26ClN3O. The van der Waals surface area contributed by atoms with Gasteiger partial charge >= 0.3 is 0 Å². The van der Waals surface area contributed by atoms with Gasteiger partial charge < -0.3 is 11.1 Å². The maximum atomic E-state index is 11.9. The number of piperidine rings is 1. The second-order valence-corrected chi connectivity index (χ2v) is 4.89. The van der Waals surface area contributed by atoms with Crippen molar-refractivity contribution in [2.24, 2.45) is 5.73 Å². The molecule has 1 saturated heterocycles. The van der Waals surface area contributed by atoms with Crippen molar-refractivity contribution in [3.05, 3.63) is 0 Å². The molecule has 3 unspecified atom stereocenters. The van der Waals surface area contributed by atoms with Gasteiger partial charge in [-0.2, -0.15) is 0 Å². The quantitative estimate of drug-likeness (QED) is 0.800. The number of likely N-dealkylation sites (tertiary alicyclic amines) is 1. The van der Waals surface area contributed by atoms with E-state index in [2.05, 4.69) is 17.1 Å². The van der Waals surface area contributed by atoms with Gasteiger partial charge in [0.15, 0.2) is 0 Å². The van der Waals surface area contributed by atoms with Gasteiger partial charge in [-0.15, -0.1) is 12.4 Å². The van der Waals surface area contributed by atoms with E-state index in [1.54, 1.807) is 0 Å². The van der Waals surface area contributed by atoms with E-state index < -0.39 is 0 Å². The highest BCUT2D eigenvalue weighted by molar-refractivity contribution is 5.85. The van der Waals surface area contributed by atoms with E-state index >= 15 is 0 Å². The first-order valence-corrected chi connectivity index (χ1v) is 6.34. The summed E-state index contributed by atoms with van der Waals surface area (Å²) in [5.41, 5.74) is 5.92. The first kappa shape index (κ1) is 16.7. The summed E-state index contributed by atoms with van der Waals surface area (Å²) in [5.74, 6) is 0.128. The smallest absolute Gasteiger partial charge is 0.237 e. The predicted molar refractivity (Wildman–Crippen MR) is 73.4 cm³/mol. The zero-order chi connectivity index (χ0) is 12.1. The van der Waals surface area contributed by atoms with E-state index in [0.29, 0.717) is 0 Å². The van der Waals surface area contributed by atoms with Crippen LogP contribution < -0.4 is 11.1 Å². The Labute approximate surface area is 111 Å². The van der Waals surface area contributed by atoms with Crippen LogP contribution in [0.25, 0.3) is 0 Å². The summed E-state index contributed by atoms with van der Waals surface area (Å²) in [7, 11) is 0. The average Bonchev–Trinajstić information content (AvgIpc) is 2.27. The molecule has 0 aromatic carbocycles. The molecule has 5 heteroatoms. The predicted octanol–water partition coefficient (Wildman–Crippen LogP) is 1.13. The molecule has 1 fully saturated rings. The molecule has 0 bridgehead atoms. The number of hydrogen-bond acceptors (Lipinski definition) is 3. The lowest BCUT2D eigenvalue weighted by atomic mass is 10.0. The van der Waals surface area contributed by atoms with Crippen molar-refractivity contribution in [2.75, 3.05) is 13.1 Å². The van der Waals surface area contributed by atoms with Gasteiger partial charge in [-0.05, 0) is 39.7 Å². The van der Waals surface area contributed by atoms with Crippen molar-refractivity contribution in [3.8, 4) is 0 Å². The summed E-state index contributed by atoms with van der Waals surface area (Å²) >= 11 is 0. The zero-order valence-electron chi connectivity index (χ0n) is 11.1.